The quantitative estimate of drug-likeness (QED) is 0.498. The Labute approximate surface area is 164 Å². The first kappa shape index (κ1) is 19.7. The number of para-hydroxylation sites is 1. The predicted octanol–water partition coefficient (Wildman–Crippen LogP) is 4.01. The average Bonchev–Trinajstić information content (AvgIpc) is 3.01. The van der Waals surface area contributed by atoms with Gasteiger partial charge >= 0.3 is 5.97 Å². The van der Waals surface area contributed by atoms with Crippen molar-refractivity contribution >= 4 is 16.9 Å². The molecule has 3 rings (SSSR count). The number of ether oxygens (including phenoxy) is 2. The summed E-state index contributed by atoms with van der Waals surface area (Å²) in [4.78, 5) is 11.4. The first-order valence-corrected chi connectivity index (χ1v) is 9.16. The minimum atomic E-state index is -0.901. The van der Waals surface area contributed by atoms with Crippen molar-refractivity contribution in [3.63, 3.8) is 0 Å². The number of hydrogen-bond acceptors (Lipinski definition) is 4. The molecule has 1 unspecified atom stereocenters. The van der Waals surface area contributed by atoms with Crippen molar-refractivity contribution in [2.45, 2.75) is 20.0 Å². The molecule has 1 aromatic heterocycles. The molecule has 1 heterocycles. The molecule has 0 fully saturated rings. The minimum Gasteiger partial charge on any atom is -0.491 e. The highest BCUT2D eigenvalue weighted by molar-refractivity contribution is 5.88. The van der Waals surface area contributed by atoms with E-state index in [1.807, 2.05) is 37.3 Å². The number of carbonyl (C=O) groups excluding carboxylic acids is 1. The summed E-state index contributed by atoms with van der Waals surface area (Å²) < 4.78 is 12.8. The van der Waals surface area contributed by atoms with Gasteiger partial charge in [0.15, 0.2) is 0 Å². The number of rotatable bonds is 7. The highest BCUT2D eigenvalue weighted by Gasteiger charge is 2.13. The second-order valence-electron chi connectivity index (χ2n) is 6.97. The second kappa shape index (κ2) is 8.31. The fourth-order valence-electron chi connectivity index (χ4n) is 3.10. The summed E-state index contributed by atoms with van der Waals surface area (Å²) >= 11 is 0. The lowest BCUT2D eigenvalue weighted by atomic mass is 10.1. The van der Waals surface area contributed by atoms with Crippen LogP contribution in [0.25, 0.3) is 22.2 Å². The van der Waals surface area contributed by atoms with E-state index in [4.69, 9.17) is 9.47 Å². The number of benzene rings is 2. The van der Waals surface area contributed by atoms with Gasteiger partial charge in [-0.05, 0) is 49.7 Å². The van der Waals surface area contributed by atoms with Crippen molar-refractivity contribution < 1.29 is 19.4 Å². The summed E-state index contributed by atoms with van der Waals surface area (Å²) in [5.74, 6) is 0.138. The van der Waals surface area contributed by atoms with E-state index in [0.717, 1.165) is 16.8 Å². The third-order valence-corrected chi connectivity index (χ3v) is 4.62. The van der Waals surface area contributed by atoms with E-state index in [-0.39, 0.29) is 13.2 Å². The summed E-state index contributed by atoms with van der Waals surface area (Å²) in [5, 5.41) is 11.1. The van der Waals surface area contributed by atoms with Gasteiger partial charge in [-0.2, -0.15) is 0 Å². The molecular weight excluding hydrogens is 354 g/mol. The zero-order valence-corrected chi connectivity index (χ0v) is 16.4. The summed E-state index contributed by atoms with van der Waals surface area (Å²) in [6, 6.07) is 16.3. The molecule has 2 aromatic carbocycles. The van der Waals surface area contributed by atoms with E-state index in [2.05, 4.69) is 36.4 Å². The summed E-state index contributed by atoms with van der Waals surface area (Å²) in [5.41, 5.74) is 4.82. The topological polar surface area (TPSA) is 60.7 Å². The second-order valence-corrected chi connectivity index (χ2v) is 6.97. The average molecular weight is 379 g/mol. The molecule has 0 radical (unpaired) electrons. The molecule has 0 aliphatic rings. The van der Waals surface area contributed by atoms with Crippen molar-refractivity contribution in [2.75, 3.05) is 13.2 Å². The normalized spacial score (nSPS) is 12.0. The van der Waals surface area contributed by atoms with Crippen molar-refractivity contribution in [1.82, 2.24) is 4.57 Å². The van der Waals surface area contributed by atoms with Crippen molar-refractivity contribution in [3.8, 4) is 17.0 Å². The number of hydrogen-bond donors (Lipinski definition) is 1. The lowest BCUT2D eigenvalue weighted by Crippen LogP contribution is -2.25. The van der Waals surface area contributed by atoms with Gasteiger partial charge in [0.2, 0.25) is 0 Å². The van der Waals surface area contributed by atoms with E-state index in [9.17, 15) is 9.90 Å². The number of nitrogens with zero attached hydrogens (tertiary/aromatic N) is 1. The Morgan fingerprint density at radius 2 is 1.93 bits per heavy atom. The molecule has 0 spiro atoms. The summed E-state index contributed by atoms with van der Waals surface area (Å²) in [7, 11) is 2.06. The van der Waals surface area contributed by atoms with Crippen LogP contribution < -0.4 is 4.74 Å². The zero-order valence-electron chi connectivity index (χ0n) is 16.4. The molecule has 0 saturated heterocycles. The van der Waals surface area contributed by atoms with Crippen LogP contribution in [0.5, 0.6) is 5.75 Å². The molecule has 0 aliphatic heterocycles. The molecule has 1 N–H and O–H groups in total. The number of carbonyl (C=O) groups is 1. The van der Waals surface area contributed by atoms with Crippen LogP contribution in [0.15, 0.2) is 60.7 Å². The lowest BCUT2D eigenvalue weighted by molar-refractivity contribution is -0.142. The molecule has 5 heteroatoms. The molecule has 0 bridgehead atoms. The molecule has 146 valence electrons. The van der Waals surface area contributed by atoms with Gasteiger partial charge < -0.3 is 19.1 Å². The molecule has 5 nitrogen and oxygen atoms in total. The van der Waals surface area contributed by atoms with Gasteiger partial charge in [0.05, 0.1) is 0 Å². The number of aliphatic hydroxyl groups excluding tert-OH is 1. The van der Waals surface area contributed by atoms with Crippen LogP contribution in [0, 0.1) is 6.92 Å². The number of fused-ring (bicyclic) bond motifs is 1. The van der Waals surface area contributed by atoms with Gasteiger partial charge in [-0.15, -0.1) is 0 Å². The van der Waals surface area contributed by atoms with Crippen LogP contribution in [0.1, 0.15) is 12.5 Å². The van der Waals surface area contributed by atoms with E-state index in [0.29, 0.717) is 11.3 Å². The smallest absolute Gasteiger partial charge is 0.333 e. The molecule has 1 atom stereocenters. The molecule has 0 aliphatic carbocycles. The molecule has 0 saturated carbocycles. The molecular formula is C23H25NO4. The summed E-state index contributed by atoms with van der Waals surface area (Å²) in [6.45, 7) is 7.01. The Morgan fingerprint density at radius 1 is 1.18 bits per heavy atom. The predicted molar refractivity (Wildman–Crippen MR) is 110 cm³/mol. The van der Waals surface area contributed by atoms with E-state index >= 15 is 0 Å². The van der Waals surface area contributed by atoms with Gasteiger partial charge in [0.1, 0.15) is 25.1 Å². The SMILES string of the molecule is C=C(C)C(=O)OCC(O)COc1ccc(-c2cc3ccccc3n2C)c(C)c1. The van der Waals surface area contributed by atoms with Crippen molar-refractivity contribution in [1.29, 1.82) is 0 Å². The van der Waals surface area contributed by atoms with Gasteiger partial charge in [-0.1, -0.05) is 24.8 Å². The Kier molecular flexibility index (Phi) is 5.85. The minimum absolute atomic E-state index is 0.0380. The van der Waals surface area contributed by atoms with E-state index in [1.165, 1.54) is 10.9 Å². The number of aryl methyl sites for hydroxylation is 2. The van der Waals surface area contributed by atoms with Gasteiger partial charge in [0.25, 0.3) is 0 Å². The monoisotopic (exact) mass is 379 g/mol. The van der Waals surface area contributed by atoms with Crippen LogP contribution >= 0.6 is 0 Å². The Bertz CT molecular complexity index is 1020. The maximum Gasteiger partial charge on any atom is 0.333 e. The van der Waals surface area contributed by atoms with E-state index < -0.39 is 12.1 Å². The third-order valence-electron chi connectivity index (χ3n) is 4.62. The fraction of sp³-hybridized carbons (Fsp3) is 0.261. The maximum absolute atomic E-state index is 11.4. The highest BCUT2D eigenvalue weighted by atomic mass is 16.5. The fourth-order valence-corrected chi connectivity index (χ4v) is 3.10. The largest absolute Gasteiger partial charge is 0.491 e. The first-order chi connectivity index (χ1) is 13.4. The number of esters is 1. The van der Waals surface area contributed by atoms with Crippen LogP contribution in [0.3, 0.4) is 0 Å². The number of aliphatic hydroxyl groups is 1. The summed E-state index contributed by atoms with van der Waals surface area (Å²) in [6.07, 6.45) is -0.901. The first-order valence-electron chi connectivity index (χ1n) is 9.16. The molecule has 3 aromatic rings. The Morgan fingerprint density at radius 3 is 2.61 bits per heavy atom. The van der Waals surface area contributed by atoms with E-state index in [1.54, 1.807) is 6.92 Å². The number of aromatic nitrogens is 1. The standard InChI is InChI=1S/C23H25NO4/c1-15(2)23(26)28-14-18(25)13-27-19-9-10-20(16(3)11-19)22-12-17-7-5-6-8-21(17)24(22)4/h5-12,18,25H,1,13-14H2,2-4H3. The van der Waals surface area contributed by atoms with Gasteiger partial charge in [-0.25, -0.2) is 4.79 Å². The Hall–Kier alpha value is -3.05. The Balaban J connectivity index is 1.68. The van der Waals surface area contributed by atoms with Crippen molar-refractivity contribution in [3.05, 3.63) is 66.2 Å². The third kappa shape index (κ3) is 4.26. The van der Waals surface area contributed by atoms with Crippen LogP contribution in [-0.4, -0.2) is 35.0 Å². The molecule has 28 heavy (non-hydrogen) atoms. The zero-order chi connectivity index (χ0) is 20.3. The maximum atomic E-state index is 11.4. The molecule has 0 amide bonds. The lowest BCUT2D eigenvalue weighted by Gasteiger charge is -2.14. The van der Waals surface area contributed by atoms with Crippen LogP contribution in [0.2, 0.25) is 0 Å². The van der Waals surface area contributed by atoms with Crippen LogP contribution in [-0.2, 0) is 16.6 Å². The van der Waals surface area contributed by atoms with Gasteiger partial charge in [0, 0.05) is 34.8 Å². The highest BCUT2D eigenvalue weighted by Crippen LogP contribution is 2.31. The van der Waals surface area contributed by atoms with Crippen LogP contribution in [0.4, 0.5) is 0 Å². The van der Waals surface area contributed by atoms with Crippen molar-refractivity contribution in [2.24, 2.45) is 7.05 Å². The van der Waals surface area contributed by atoms with Gasteiger partial charge in [-0.3, -0.25) is 0 Å².